The number of rotatable bonds is 5. The Kier molecular flexibility index (Phi) is 7.66. The zero-order valence-electron chi connectivity index (χ0n) is 17.1. The third-order valence-corrected chi connectivity index (χ3v) is 7.03. The van der Waals surface area contributed by atoms with Crippen molar-refractivity contribution < 1.29 is 4.74 Å². The molecule has 0 aromatic carbocycles. The minimum absolute atomic E-state index is 0. The summed E-state index contributed by atoms with van der Waals surface area (Å²) in [5, 5.41) is 7.41. The molecule has 3 saturated heterocycles. The Bertz CT molecular complexity index is 501. The Morgan fingerprint density at radius 1 is 1.15 bits per heavy atom. The molecule has 3 aliphatic heterocycles. The summed E-state index contributed by atoms with van der Waals surface area (Å²) in [6, 6.07) is 1.37. The molecule has 2 N–H and O–H groups in total. The summed E-state index contributed by atoms with van der Waals surface area (Å²) < 4.78 is 5.67. The van der Waals surface area contributed by atoms with Crippen LogP contribution in [0.3, 0.4) is 0 Å². The average Bonchev–Trinajstić information content (AvgIpc) is 3.23. The highest BCUT2D eigenvalue weighted by Gasteiger charge is 2.41. The first-order chi connectivity index (χ1) is 12.7. The van der Waals surface area contributed by atoms with E-state index in [2.05, 4.69) is 32.3 Å². The number of hydrogen-bond donors (Lipinski definition) is 2. The van der Waals surface area contributed by atoms with Crippen molar-refractivity contribution in [1.29, 1.82) is 0 Å². The molecule has 0 bridgehead atoms. The van der Waals surface area contributed by atoms with Crippen LogP contribution < -0.4 is 10.6 Å². The van der Waals surface area contributed by atoms with Gasteiger partial charge in [-0.3, -0.25) is 14.8 Å². The fraction of sp³-hybridized carbons (Fsp3) is 0.950. The van der Waals surface area contributed by atoms with Crippen molar-refractivity contribution in [1.82, 2.24) is 20.4 Å². The second kappa shape index (κ2) is 9.59. The van der Waals surface area contributed by atoms with Gasteiger partial charge in [0.1, 0.15) is 0 Å². The predicted molar refractivity (Wildman–Crippen MR) is 121 cm³/mol. The summed E-state index contributed by atoms with van der Waals surface area (Å²) in [5.74, 6) is 1.66. The van der Waals surface area contributed by atoms with Crippen LogP contribution in [0.25, 0.3) is 0 Å². The van der Waals surface area contributed by atoms with Gasteiger partial charge < -0.3 is 15.4 Å². The zero-order valence-corrected chi connectivity index (χ0v) is 19.4. The third kappa shape index (κ3) is 5.08. The van der Waals surface area contributed by atoms with Crippen molar-refractivity contribution in [2.45, 2.75) is 63.1 Å². The summed E-state index contributed by atoms with van der Waals surface area (Å²) in [6.45, 7) is 10.0. The van der Waals surface area contributed by atoms with Gasteiger partial charge in [-0.2, -0.15) is 0 Å². The molecule has 2 atom stereocenters. The average molecular weight is 491 g/mol. The van der Waals surface area contributed by atoms with Crippen LogP contribution in [0.15, 0.2) is 4.99 Å². The van der Waals surface area contributed by atoms with Gasteiger partial charge in [-0.1, -0.05) is 6.92 Å². The number of halogens is 1. The van der Waals surface area contributed by atoms with Gasteiger partial charge in [0.2, 0.25) is 0 Å². The van der Waals surface area contributed by atoms with Crippen LogP contribution in [0, 0.1) is 5.92 Å². The number of nitrogens with zero attached hydrogens (tertiary/aromatic N) is 3. The summed E-state index contributed by atoms with van der Waals surface area (Å²) in [7, 11) is 1.90. The molecule has 0 amide bonds. The van der Waals surface area contributed by atoms with Crippen molar-refractivity contribution in [3.63, 3.8) is 0 Å². The van der Waals surface area contributed by atoms with E-state index in [-0.39, 0.29) is 29.5 Å². The van der Waals surface area contributed by atoms with E-state index in [1.54, 1.807) is 0 Å². The molecule has 2 unspecified atom stereocenters. The maximum absolute atomic E-state index is 5.67. The molecule has 0 spiro atoms. The number of guanidine groups is 1. The van der Waals surface area contributed by atoms with E-state index >= 15 is 0 Å². The van der Waals surface area contributed by atoms with E-state index in [0.717, 1.165) is 51.1 Å². The highest BCUT2D eigenvalue weighted by molar-refractivity contribution is 14.0. The summed E-state index contributed by atoms with van der Waals surface area (Å²) >= 11 is 0. The summed E-state index contributed by atoms with van der Waals surface area (Å²) in [5.41, 5.74) is 0.244. The molecule has 156 valence electrons. The van der Waals surface area contributed by atoms with Crippen LogP contribution in [0.1, 0.15) is 45.4 Å². The predicted octanol–water partition coefficient (Wildman–Crippen LogP) is 1.90. The molecule has 0 radical (unpaired) electrons. The van der Waals surface area contributed by atoms with Crippen LogP contribution in [0.2, 0.25) is 0 Å². The van der Waals surface area contributed by atoms with E-state index in [9.17, 15) is 0 Å². The van der Waals surface area contributed by atoms with E-state index in [4.69, 9.17) is 4.74 Å². The van der Waals surface area contributed by atoms with Crippen molar-refractivity contribution in [2.24, 2.45) is 10.9 Å². The van der Waals surface area contributed by atoms with E-state index < -0.39 is 0 Å². The molecule has 4 rings (SSSR count). The smallest absolute Gasteiger partial charge is 0.191 e. The number of nitrogens with one attached hydrogen (secondary N) is 2. The Morgan fingerprint density at radius 2 is 1.85 bits per heavy atom. The first kappa shape index (κ1) is 21.6. The molecule has 7 heteroatoms. The molecule has 0 aromatic heterocycles. The lowest BCUT2D eigenvalue weighted by Gasteiger charge is -2.45. The Labute approximate surface area is 181 Å². The first-order valence-electron chi connectivity index (χ1n) is 10.7. The highest BCUT2D eigenvalue weighted by atomic mass is 127. The fourth-order valence-corrected chi connectivity index (χ4v) is 5.10. The lowest BCUT2D eigenvalue weighted by molar-refractivity contribution is -0.0164. The highest BCUT2D eigenvalue weighted by Crippen LogP contribution is 2.32. The number of likely N-dealkylation sites (tertiary alicyclic amines) is 2. The quantitative estimate of drug-likeness (QED) is 0.350. The van der Waals surface area contributed by atoms with Crippen molar-refractivity contribution in [3.05, 3.63) is 0 Å². The second-order valence-corrected chi connectivity index (χ2v) is 8.87. The van der Waals surface area contributed by atoms with Crippen LogP contribution >= 0.6 is 24.0 Å². The van der Waals surface area contributed by atoms with Gasteiger partial charge >= 0.3 is 0 Å². The van der Waals surface area contributed by atoms with Gasteiger partial charge in [-0.25, -0.2) is 0 Å². The molecular formula is C20H38IN5O. The maximum Gasteiger partial charge on any atom is 0.191 e. The van der Waals surface area contributed by atoms with Gasteiger partial charge in [0.15, 0.2) is 5.96 Å². The normalized spacial score (nSPS) is 32.3. The van der Waals surface area contributed by atoms with Gasteiger partial charge in [0.05, 0.1) is 0 Å². The molecule has 27 heavy (non-hydrogen) atoms. The molecule has 0 aromatic rings. The molecule has 1 aliphatic carbocycles. The molecule has 1 saturated carbocycles. The molecular weight excluding hydrogens is 453 g/mol. The Balaban J connectivity index is 0.00000210. The van der Waals surface area contributed by atoms with E-state index in [0.29, 0.717) is 12.0 Å². The number of hydrogen-bond acceptors (Lipinski definition) is 4. The monoisotopic (exact) mass is 491 g/mol. The van der Waals surface area contributed by atoms with Gasteiger partial charge in [-0.05, 0) is 57.5 Å². The maximum atomic E-state index is 5.67. The Hall–Kier alpha value is -0.120. The third-order valence-electron chi connectivity index (χ3n) is 7.03. The molecule has 4 fully saturated rings. The number of aliphatic imine (C=N–C) groups is 1. The van der Waals surface area contributed by atoms with E-state index in [1.165, 1.54) is 45.3 Å². The minimum atomic E-state index is 0. The van der Waals surface area contributed by atoms with E-state index in [1.807, 2.05) is 7.05 Å². The topological polar surface area (TPSA) is 52.1 Å². The lowest BCUT2D eigenvalue weighted by Crippen LogP contribution is -2.59. The van der Waals surface area contributed by atoms with Crippen molar-refractivity contribution >= 4 is 29.9 Å². The lowest BCUT2D eigenvalue weighted by atomic mass is 9.88. The molecule has 4 aliphatic rings. The largest absolute Gasteiger partial charge is 0.381 e. The zero-order chi connectivity index (χ0) is 18.0. The van der Waals surface area contributed by atoms with Crippen LogP contribution in [-0.4, -0.2) is 86.4 Å². The SMILES string of the molecule is CN=C(NCC1(N2CCCC2)CCOCC1)NC1CN(C2CC2)CC1C.I. The molecule has 3 heterocycles. The summed E-state index contributed by atoms with van der Waals surface area (Å²) in [6.07, 6.45) is 7.73. The van der Waals surface area contributed by atoms with Crippen molar-refractivity contribution in [3.8, 4) is 0 Å². The van der Waals surface area contributed by atoms with Gasteiger partial charge in [-0.15, -0.1) is 24.0 Å². The standard InChI is InChI=1S/C20H37N5O.HI/c1-16-13-24(17-5-6-17)14-18(16)23-19(21-2)22-15-20(7-11-26-12-8-20)25-9-3-4-10-25;/h16-18H,3-15H2,1-2H3,(H2,21,22,23);1H. The fourth-order valence-electron chi connectivity index (χ4n) is 5.10. The van der Waals surface area contributed by atoms with Crippen LogP contribution in [0.5, 0.6) is 0 Å². The van der Waals surface area contributed by atoms with Crippen LogP contribution in [0.4, 0.5) is 0 Å². The Morgan fingerprint density at radius 3 is 2.48 bits per heavy atom. The first-order valence-corrected chi connectivity index (χ1v) is 10.7. The van der Waals surface area contributed by atoms with Gasteiger partial charge in [0, 0.05) is 57.5 Å². The summed E-state index contributed by atoms with van der Waals surface area (Å²) in [4.78, 5) is 9.92. The molecule has 6 nitrogen and oxygen atoms in total. The van der Waals surface area contributed by atoms with Gasteiger partial charge in [0.25, 0.3) is 0 Å². The van der Waals surface area contributed by atoms with Crippen molar-refractivity contribution in [2.75, 3.05) is 53.0 Å². The minimum Gasteiger partial charge on any atom is -0.381 e. The number of ether oxygens (including phenoxy) is 1. The second-order valence-electron chi connectivity index (χ2n) is 8.87. The van der Waals surface area contributed by atoms with Crippen LogP contribution in [-0.2, 0) is 4.74 Å².